The molecule has 1 fully saturated rings. The summed E-state index contributed by atoms with van der Waals surface area (Å²) in [5.74, 6) is -2.39. The fraction of sp³-hybridized carbons (Fsp3) is 0.909. The van der Waals surface area contributed by atoms with Crippen molar-refractivity contribution in [3.8, 4) is 0 Å². The van der Waals surface area contributed by atoms with E-state index in [1.807, 2.05) is 11.8 Å². The number of alkyl halides is 2. The van der Waals surface area contributed by atoms with Crippen molar-refractivity contribution in [2.45, 2.75) is 38.5 Å². The third-order valence-electron chi connectivity index (χ3n) is 3.22. The summed E-state index contributed by atoms with van der Waals surface area (Å²) in [4.78, 5) is 1.93. The average Bonchev–Trinajstić information content (AvgIpc) is 2.26. The Morgan fingerprint density at radius 2 is 2.29 bits per heavy atom. The SMILES string of the molecule is CCN(CC(N)=NO)CC1CCCC(F)(F)C1. The predicted octanol–water partition coefficient (Wildman–Crippen LogP) is 1.88. The van der Waals surface area contributed by atoms with Gasteiger partial charge in [-0.2, -0.15) is 0 Å². The van der Waals surface area contributed by atoms with Crippen molar-refractivity contribution in [2.75, 3.05) is 19.6 Å². The number of halogens is 2. The highest BCUT2D eigenvalue weighted by atomic mass is 19.3. The van der Waals surface area contributed by atoms with Crippen LogP contribution in [0.1, 0.15) is 32.6 Å². The van der Waals surface area contributed by atoms with E-state index in [2.05, 4.69) is 5.16 Å². The van der Waals surface area contributed by atoms with E-state index in [1.165, 1.54) is 0 Å². The van der Waals surface area contributed by atoms with Gasteiger partial charge in [0.15, 0.2) is 5.84 Å². The van der Waals surface area contributed by atoms with Crippen LogP contribution in [0, 0.1) is 5.92 Å². The van der Waals surface area contributed by atoms with E-state index in [0.717, 1.165) is 6.42 Å². The zero-order chi connectivity index (χ0) is 12.9. The molecule has 0 aromatic rings. The molecule has 17 heavy (non-hydrogen) atoms. The lowest BCUT2D eigenvalue weighted by atomic mass is 9.86. The molecule has 0 aliphatic heterocycles. The Hall–Kier alpha value is -0.910. The van der Waals surface area contributed by atoms with Crippen LogP contribution in [-0.4, -0.2) is 41.5 Å². The Balaban J connectivity index is 2.45. The quantitative estimate of drug-likeness (QED) is 0.338. The van der Waals surface area contributed by atoms with Crippen LogP contribution in [-0.2, 0) is 0 Å². The number of likely N-dealkylation sites (N-methyl/N-ethyl adjacent to an activating group) is 1. The molecule has 4 nitrogen and oxygen atoms in total. The van der Waals surface area contributed by atoms with Crippen molar-refractivity contribution in [1.29, 1.82) is 0 Å². The van der Waals surface area contributed by atoms with Crippen LogP contribution < -0.4 is 5.73 Å². The lowest BCUT2D eigenvalue weighted by Gasteiger charge is -2.32. The molecule has 1 saturated carbocycles. The van der Waals surface area contributed by atoms with Crippen LogP contribution >= 0.6 is 0 Å². The highest BCUT2D eigenvalue weighted by molar-refractivity contribution is 5.81. The van der Waals surface area contributed by atoms with Gasteiger partial charge in [0.2, 0.25) is 5.92 Å². The maximum atomic E-state index is 13.2. The standard InChI is InChI=1S/C11H21F2N3O/c1-2-16(8-10(14)15-17)7-9-4-3-5-11(12,13)6-9/h9,17H,2-8H2,1H3,(H2,14,15). The maximum absolute atomic E-state index is 13.2. The average molecular weight is 249 g/mol. The maximum Gasteiger partial charge on any atom is 0.248 e. The van der Waals surface area contributed by atoms with E-state index >= 15 is 0 Å². The molecule has 6 heteroatoms. The van der Waals surface area contributed by atoms with E-state index in [0.29, 0.717) is 26.1 Å². The van der Waals surface area contributed by atoms with Crippen molar-refractivity contribution in [3.05, 3.63) is 0 Å². The molecule has 0 saturated heterocycles. The summed E-state index contributed by atoms with van der Waals surface area (Å²) in [6.07, 6.45) is 1.39. The van der Waals surface area contributed by atoms with Crippen molar-refractivity contribution >= 4 is 5.84 Å². The Kier molecular flexibility index (Phi) is 5.11. The van der Waals surface area contributed by atoms with Gasteiger partial charge in [-0.15, -0.1) is 0 Å². The van der Waals surface area contributed by atoms with Gasteiger partial charge in [-0.05, 0) is 25.3 Å². The van der Waals surface area contributed by atoms with Crippen LogP contribution in [0.2, 0.25) is 0 Å². The van der Waals surface area contributed by atoms with Crippen molar-refractivity contribution in [3.63, 3.8) is 0 Å². The Morgan fingerprint density at radius 3 is 2.82 bits per heavy atom. The van der Waals surface area contributed by atoms with Crippen LogP contribution in [0.5, 0.6) is 0 Å². The molecule has 0 aromatic carbocycles. The van der Waals surface area contributed by atoms with Gasteiger partial charge >= 0.3 is 0 Å². The summed E-state index contributed by atoms with van der Waals surface area (Å²) in [5, 5.41) is 11.4. The fourth-order valence-corrected chi connectivity index (χ4v) is 2.36. The van der Waals surface area contributed by atoms with Crippen LogP contribution in [0.25, 0.3) is 0 Å². The zero-order valence-corrected chi connectivity index (χ0v) is 10.2. The molecule has 0 aromatic heterocycles. The number of amidine groups is 1. The summed E-state index contributed by atoms with van der Waals surface area (Å²) in [6, 6.07) is 0. The van der Waals surface area contributed by atoms with E-state index in [4.69, 9.17) is 10.9 Å². The zero-order valence-electron chi connectivity index (χ0n) is 10.2. The molecule has 1 atom stereocenters. The second-order valence-corrected chi connectivity index (χ2v) is 4.74. The summed E-state index contributed by atoms with van der Waals surface area (Å²) < 4.78 is 26.5. The molecule has 1 unspecified atom stereocenters. The fourth-order valence-electron chi connectivity index (χ4n) is 2.36. The predicted molar refractivity (Wildman–Crippen MR) is 62.4 cm³/mol. The van der Waals surface area contributed by atoms with Gasteiger partial charge in [0.05, 0.1) is 6.54 Å². The number of nitrogens with two attached hydrogens (primary N) is 1. The first-order valence-electron chi connectivity index (χ1n) is 6.03. The molecule has 100 valence electrons. The van der Waals surface area contributed by atoms with Crippen molar-refractivity contribution < 1.29 is 14.0 Å². The lowest BCUT2D eigenvalue weighted by Crippen LogP contribution is -2.39. The lowest BCUT2D eigenvalue weighted by molar-refractivity contribution is -0.0562. The van der Waals surface area contributed by atoms with Gasteiger partial charge in [-0.25, -0.2) is 8.78 Å². The minimum Gasteiger partial charge on any atom is -0.409 e. The topological polar surface area (TPSA) is 61.8 Å². The van der Waals surface area contributed by atoms with Crippen LogP contribution in [0.3, 0.4) is 0 Å². The van der Waals surface area contributed by atoms with Gasteiger partial charge in [0.25, 0.3) is 0 Å². The highest BCUT2D eigenvalue weighted by Gasteiger charge is 2.36. The molecule has 0 radical (unpaired) electrons. The van der Waals surface area contributed by atoms with Gasteiger partial charge in [0.1, 0.15) is 0 Å². The van der Waals surface area contributed by atoms with Crippen LogP contribution in [0.15, 0.2) is 5.16 Å². The summed E-state index contributed by atoms with van der Waals surface area (Å²) in [5.41, 5.74) is 5.42. The second-order valence-electron chi connectivity index (χ2n) is 4.74. The first-order valence-corrected chi connectivity index (χ1v) is 6.03. The first-order chi connectivity index (χ1) is 7.96. The largest absolute Gasteiger partial charge is 0.409 e. The van der Waals surface area contributed by atoms with Gasteiger partial charge < -0.3 is 10.9 Å². The van der Waals surface area contributed by atoms with Gasteiger partial charge in [-0.1, -0.05) is 12.1 Å². The number of hydrogen-bond donors (Lipinski definition) is 2. The number of nitrogens with zero attached hydrogens (tertiary/aromatic N) is 2. The highest BCUT2D eigenvalue weighted by Crippen LogP contribution is 2.36. The van der Waals surface area contributed by atoms with Crippen molar-refractivity contribution in [2.24, 2.45) is 16.8 Å². The Labute approximate surface area is 100 Å². The minimum atomic E-state index is -2.51. The van der Waals surface area contributed by atoms with E-state index in [9.17, 15) is 8.78 Å². The van der Waals surface area contributed by atoms with E-state index in [-0.39, 0.29) is 24.6 Å². The second kappa shape index (κ2) is 6.14. The molecule has 1 aliphatic rings. The monoisotopic (exact) mass is 249 g/mol. The minimum absolute atomic E-state index is 0.00481. The third-order valence-corrected chi connectivity index (χ3v) is 3.22. The van der Waals surface area contributed by atoms with E-state index < -0.39 is 5.92 Å². The third kappa shape index (κ3) is 4.85. The molecule has 0 spiro atoms. The van der Waals surface area contributed by atoms with Crippen molar-refractivity contribution in [1.82, 2.24) is 4.90 Å². The normalized spacial score (nSPS) is 25.2. The molecule has 1 aliphatic carbocycles. The molecule has 0 amide bonds. The summed E-state index contributed by atoms with van der Waals surface area (Å²) in [7, 11) is 0. The molecule has 3 N–H and O–H groups in total. The summed E-state index contributed by atoms with van der Waals surface area (Å²) >= 11 is 0. The number of hydrogen-bond acceptors (Lipinski definition) is 3. The van der Waals surface area contributed by atoms with Crippen LogP contribution in [0.4, 0.5) is 8.78 Å². The Morgan fingerprint density at radius 1 is 1.59 bits per heavy atom. The molecule has 0 heterocycles. The number of rotatable bonds is 5. The van der Waals surface area contributed by atoms with E-state index in [1.54, 1.807) is 0 Å². The molecule has 0 bridgehead atoms. The number of oxime groups is 1. The molecular weight excluding hydrogens is 228 g/mol. The molecular formula is C11H21F2N3O. The first kappa shape index (κ1) is 14.2. The summed E-state index contributed by atoms with van der Waals surface area (Å²) in [6.45, 7) is 3.56. The van der Waals surface area contributed by atoms with Gasteiger partial charge in [0, 0.05) is 19.4 Å². The Bertz CT molecular complexity index is 271. The smallest absolute Gasteiger partial charge is 0.248 e. The van der Waals surface area contributed by atoms with Gasteiger partial charge in [-0.3, -0.25) is 4.90 Å². The molecule has 1 rings (SSSR count).